The molecule has 2 aromatic rings. The van der Waals surface area contributed by atoms with Crippen molar-refractivity contribution in [3.63, 3.8) is 0 Å². The first-order valence-corrected chi connectivity index (χ1v) is 8.44. The molecule has 0 saturated carbocycles. The zero-order valence-corrected chi connectivity index (χ0v) is 13.4. The molecule has 0 aromatic heterocycles. The number of halogens is 1. The van der Waals surface area contributed by atoms with Gasteiger partial charge < -0.3 is 5.32 Å². The van der Waals surface area contributed by atoms with E-state index >= 15 is 0 Å². The molecular weight excluding hydrogens is 335 g/mol. The summed E-state index contributed by atoms with van der Waals surface area (Å²) in [7, 11) is -2.84. The first-order chi connectivity index (χ1) is 11.3. The predicted octanol–water partition coefficient (Wildman–Crippen LogP) is 1.65. The summed E-state index contributed by atoms with van der Waals surface area (Å²) in [4.78, 5) is 24.9. The summed E-state index contributed by atoms with van der Waals surface area (Å²) in [6.07, 6.45) is 0. The van der Waals surface area contributed by atoms with Gasteiger partial charge in [0.1, 0.15) is 5.82 Å². The smallest absolute Gasteiger partial charge is 0.250 e. The van der Waals surface area contributed by atoms with Crippen LogP contribution < -0.4 is 5.32 Å². The second-order valence-corrected chi connectivity index (χ2v) is 7.22. The van der Waals surface area contributed by atoms with Gasteiger partial charge in [0.2, 0.25) is 10.0 Å². The van der Waals surface area contributed by atoms with Gasteiger partial charge in [0.25, 0.3) is 5.91 Å². The van der Waals surface area contributed by atoms with Gasteiger partial charge in [-0.1, -0.05) is 24.3 Å². The number of carbonyl (C=O) groups excluding carboxylic acids is 2. The Morgan fingerprint density at radius 2 is 1.75 bits per heavy atom. The van der Waals surface area contributed by atoms with E-state index in [1.54, 1.807) is 0 Å². The van der Waals surface area contributed by atoms with E-state index in [2.05, 4.69) is 5.32 Å². The number of hydrogen-bond acceptors (Lipinski definition) is 4. The zero-order valence-electron chi connectivity index (χ0n) is 12.6. The molecule has 1 atom stereocenters. The normalized spacial score (nSPS) is 19.6. The molecule has 2 aromatic carbocycles. The molecule has 6 nitrogen and oxygen atoms in total. The van der Waals surface area contributed by atoms with Crippen molar-refractivity contribution < 1.29 is 22.4 Å². The number of para-hydroxylation sites is 1. The lowest BCUT2D eigenvalue weighted by Crippen LogP contribution is -2.53. The minimum absolute atomic E-state index is 0.0516. The average Bonchev–Trinajstić information content (AvgIpc) is 2.56. The number of hydrogen-bond donors (Lipinski definition) is 1. The summed E-state index contributed by atoms with van der Waals surface area (Å²) < 4.78 is 39.4. The SMILES string of the molecule is CN1C(C(=O)Nc2ccccc2F)C(=O)c2ccccc2S1(=O)=O. The summed E-state index contributed by atoms with van der Waals surface area (Å²) in [5.74, 6) is -2.25. The van der Waals surface area contributed by atoms with E-state index < -0.39 is 33.6 Å². The number of carbonyl (C=O) groups is 2. The van der Waals surface area contributed by atoms with E-state index in [9.17, 15) is 22.4 Å². The molecular formula is C16H13FN2O4S. The molecule has 0 radical (unpaired) electrons. The number of anilines is 1. The third-order valence-electron chi connectivity index (χ3n) is 3.80. The van der Waals surface area contributed by atoms with Gasteiger partial charge in [0, 0.05) is 12.6 Å². The fourth-order valence-electron chi connectivity index (χ4n) is 2.55. The molecule has 1 aliphatic heterocycles. The molecule has 8 heteroatoms. The van der Waals surface area contributed by atoms with Crippen LogP contribution in [-0.4, -0.2) is 37.5 Å². The van der Waals surface area contributed by atoms with Crippen LogP contribution in [0.4, 0.5) is 10.1 Å². The largest absolute Gasteiger partial charge is 0.322 e. The van der Waals surface area contributed by atoms with Crippen molar-refractivity contribution in [1.29, 1.82) is 0 Å². The Kier molecular flexibility index (Phi) is 3.94. The maximum Gasteiger partial charge on any atom is 0.250 e. The van der Waals surface area contributed by atoms with Gasteiger partial charge in [-0.05, 0) is 24.3 Å². The molecule has 1 N–H and O–H groups in total. The van der Waals surface area contributed by atoms with Crippen LogP contribution in [0.15, 0.2) is 53.4 Å². The number of nitrogens with zero attached hydrogens (tertiary/aromatic N) is 1. The minimum Gasteiger partial charge on any atom is -0.322 e. The molecule has 124 valence electrons. The quantitative estimate of drug-likeness (QED) is 0.837. The third-order valence-corrected chi connectivity index (χ3v) is 5.68. The summed E-state index contributed by atoms with van der Waals surface area (Å²) >= 11 is 0. The summed E-state index contributed by atoms with van der Waals surface area (Å²) in [5.41, 5.74) is -0.177. The van der Waals surface area contributed by atoms with Crippen molar-refractivity contribution in [3.8, 4) is 0 Å². The lowest BCUT2D eigenvalue weighted by Gasteiger charge is -2.30. The average molecular weight is 348 g/mol. The van der Waals surface area contributed by atoms with Crippen LogP contribution in [0, 0.1) is 5.82 Å². The Labute approximate surface area is 138 Å². The standard InChI is InChI=1S/C16H13FN2O4S/c1-19-14(16(21)18-12-8-4-3-7-11(12)17)15(20)10-6-2-5-9-13(10)24(19,22)23/h2-9,14H,1H3,(H,18,21). The van der Waals surface area contributed by atoms with Crippen LogP contribution >= 0.6 is 0 Å². The summed E-state index contributed by atoms with van der Waals surface area (Å²) in [5, 5.41) is 2.27. The molecule has 0 bridgehead atoms. The van der Waals surface area contributed by atoms with Crippen LogP contribution in [0.3, 0.4) is 0 Å². The Morgan fingerprint density at radius 3 is 2.46 bits per heavy atom. The zero-order chi connectivity index (χ0) is 17.5. The predicted molar refractivity (Wildman–Crippen MR) is 84.5 cm³/mol. The number of Topliss-reactive ketones (excluding diaryl/α,β-unsaturated/α-hetero) is 1. The lowest BCUT2D eigenvalue weighted by atomic mass is 10.0. The Bertz CT molecular complexity index is 943. The third kappa shape index (κ3) is 2.49. The van der Waals surface area contributed by atoms with Crippen molar-refractivity contribution in [3.05, 3.63) is 59.9 Å². The maximum absolute atomic E-state index is 13.7. The van der Waals surface area contributed by atoms with E-state index in [1.165, 1.54) is 42.5 Å². The van der Waals surface area contributed by atoms with E-state index in [0.717, 1.165) is 13.1 Å². The van der Waals surface area contributed by atoms with Gasteiger partial charge in [-0.2, -0.15) is 4.31 Å². The van der Waals surface area contributed by atoms with E-state index in [-0.39, 0.29) is 16.1 Å². The van der Waals surface area contributed by atoms with E-state index in [4.69, 9.17) is 0 Å². The fourth-order valence-corrected chi connectivity index (χ4v) is 4.03. The molecule has 3 rings (SSSR count). The highest BCUT2D eigenvalue weighted by atomic mass is 32.2. The van der Waals surface area contributed by atoms with Crippen molar-refractivity contribution >= 4 is 27.4 Å². The molecule has 24 heavy (non-hydrogen) atoms. The lowest BCUT2D eigenvalue weighted by molar-refractivity contribution is -0.118. The van der Waals surface area contributed by atoms with Crippen molar-refractivity contribution in [1.82, 2.24) is 4.31 Å². The van der Waals surface area contributed by atoms with Gasteiger partial charge in [-0.3, -0.25) is 9.59 Å². The highest BCUT2D eigenvalue weighted by Crippen LogP contribution is 2.29. The van der Waals surface area contributed by atoms with Gasteiger partial charge in [0.05, 0.1) is 10.6 Å². The first-order valence-electron chi connectivity index (χ1n) is 7.00. The molecule has 0 saturated heterocycles. The van der Waals surface area contributed by atoms with Crippen molar-refractivity contribution in [2.24, 2.45) is 0 Å². The second-order valence-electron chi connectivity index (χ2n) is 5.25. The Morgan fingerprint density at radius 1 is 1.12 bits per heavy atom. The topological polar surface area (TPSA) is 83.6 Å². The monoisotopic (exact) mass is 348 g/mol. The number of rotatable bonds is 2. The van der Waals surface area contributed by atoms with Crippen molar-refractivity contribution in [2.45, 2.75) is 10.9 Å². The molecule has 1 heterocycles. The number of nitrogens with one attached hydrogen (secondary N) is 1. The number of fused-ring (bicyclic) bond motifs is 1. The van der Waals surface area contributed by atoms with Gasteiger partial charge >= 0.3 is 0 Å². The Balaban J connectivity index is 2.01. The van der Waals surface area contributed by atoms with Crippen LogP contribution in [0.2, 0.25) is 0 Å². The van der Waals surface area contributed by atoms with Crippen molar-refractivity contribution in [2.75, 3.05) is 12.4 Å². The molecule has 0 aliphatic carbocycles. The van der Waals surface area contributed by atoms with Crippen LogP contribution in [0.25, 0.3) is 0 Å². The van der Waals surface area contributed by atoms with Crippen LogP contribution in [0.1, 0.15) is 10.4 Å². The van der Waals surface area contributed by atoms with Gasteiger partial charge in [-0.15, -0.1) is 0 Å². The molecule has 1 unspecified atom stereocenters. The molecule has 0 fully saturated rings. The van der Waals surface area contributed by atoms with Crippen LogP contribution in [-0.2, 0) is 14.8 Å². The fraction of sp³-hybridized carbons (Fsp3) is 0.125. The maximum atomic E-state index is 13.7. The first kappa shape index (κ1) is 16.3. The summed E-state index contributed by atoms with van der Waals surface area (Å²) in [6, 6.07) is 9.51. The highest BCUT2D eigenvalue weighted by Gasteiger charge is 2.45. The number of ketones is 1. The number of likely N-dealkylation sites (N-methyl/N-ethyl adjacent to an activating group) is 1. The second kappa shape index (κ2) is 5.81. The van der Waals surface area contributed by atoms with E-state index in [0.29, 0.717) is 4.31 Å². The van der Waals surface area contributed by atoms with Gasteiger partial charge in [0.15, 0.2) is 11.8 Å². The Hall–Kier alpha value is -2.58. The summed E-state index contributed by atoms with van der Waals surface area (Å²) in [6.45, 7) is 0. The number of amides is 1. The molecule has 0 spiro atoms. The minimum atomic E-state index is -3.99. The highest BCUT2D eigenvalue weighted by molar-refractivity contribution is 7.89. The number of sulfonamides is 1. The van der Waals surface area contributed by atoms with Gasteiger partial charge in [-0.25, -0.2) is 12.8 Å². The number of benzene rings is 2. The van der Waals surface area contributed by atoms with E-state index in [1.807, 2.05) is 0 Å². The van der Waals surface area contributed by atoms with Crippen LogP contribution in [0.5, 0.6) is 0 Å². The molecule has 1 amide bonds. The molecule has 1 aliphatic rings.